The molecule has 0 bridgehead atoms. The molecular formula is C23H22FN3O4. The third-order valence-electron chi connectivity index (χ3n) is 6.24. The molecule has 160 valence electrons. The van der Waals surface area contributed by atoms with Crippen LogP contribution in [-0.4, -0.2) is 64.4 Å². The van der Waals surface area contributed by atoms with Gasteiger partial charge in [0.1, 0.15) is 11.4 Å². The second-order valence-electron chi connectivity index (χ2n) is 8.40. The number of nitrogens with zero attached hydrogens (tertiary/aromatic N) is 2. The summed E-state index contributed by atoms with van der Waals surface area (Å²) in [7, 11) is 0. The van der Waals surface area contributed by atoms with Crippen LogP contribution in [0.4, 0.5) is 10.1 Å². The van der Waals surface area contributed by atoms with Crippen LogP contribution in [0.2, 0.25) is 0 Å². The van der Waals surface area contributed by atoms with Crippen molar-refractivity contribution in [2.45, 2.75) is 24.9 Å². The van der Waals surface area contributed by atoms with E-state index in [-0.39, 0.29) is 24.1 Å². The molecule has 5 rings (SSSR count). The summed E-state index contributed by atoms with van der Waals surface area (Å²) in [5.41, 5.74) is 1.94. The van der Waals surface area contributed by atoms with Crippen LogP contribution in [0.25, 0.3) is 11.1 Å². The zero-order chi connectivity index (χ0) is 21.8. The van der Waals surface area contributed by atoms with Crippen LogP contribution in [0, 0.1) is 5.82 Å². The Balaban J connectivity index is 1.29. The van der Waals surface area contributed by atoms with Crippen molar-refractivity contribution in [3.63, 3.8) is 0 Å². The molecule has 2 fully saturated rings. The molecule has 2 aromatic rings. The summed E-state index contributed by atoms with van der Waals surface area (Å²) < 4.78 is 14.0. The first-order valence-corrected chi connectivity index (χ1v) is 10.4. The van der Waals surface area contributed by atoms with Gasteiger partial charge in [-0.3, -0.25) is 14.4 Å². The van der Waals surface area contributed by atoms with Crippen molar-refractivity contribution in [1.82, 2.24) is 9.80 Å². The molecule has 0 aromatic heterocycles. The van der Waals surface area contributed by atoms with E-state index in [9.17, 15) is 23.9 Å². The number of halogens is 1. The summed E-state index contributed by atoms with van der Waals surface area (Å²) in [6.45, 7) is 1.63. The molecule has 1 aliphatic carbocycles. The van der Waals surface area contributed by atoms with Crippen LogP contribution in [0.3, 0.4) is 0 Å². The Bertz CT molecular complexity index is 1090. The lowest BCUT2D eigenvalue weighted by Crippen LogP contribution is -2.53. The van der Waals surface area contributed by atoms with Gasteiger partial charge in [-0.05, 0) is 53.8 Å². The van der Waals surface area contributed by atoms with Gasteiger partial charge in [0.25, 0.3) is 11.8 Å². The van der Waals surface area contributed by atoms with Gasteiger partial charge in [-0.15, -0.1) is 0 Å². The molecule has 1 saturated heterocycles. The van der Waals surface area contributed by atoms with Gasteiger partial charge in [0.15, 0.2) is 0 Å². The third-order valence-corrected chi connectivity index (χ3v) is 6.24. The highest BCUT2D eigenvalue weighted by atomic mass is 19.1. The fourth-order valence-electron chi connectivity index (χ4n) is 4.27. The molecule has 7 nitrogen and oxygen atoms in total. The minimum Gasteiger partial charge on any atom is -0.380 e. The smallest absolute Gasteiger partial charge is 0.254 e. The first-order valence-electron chi connectivity index (χ1n) is 10.4. The van der Waals surface area contributed by atoms with Crippen molar-refractivity contribution in [3.8, 4) is 11.1 Å². The highest BCUT2D eigenvalue weighted by Gasteiger charge is 2.50. The number of benzene rings is 2. The first kappa shape index (κ1) is 19.7. The van der Waals surface area contributed by atoms with E-state index in [0.717, 1.165) is 11.1 Å². The number of aliphatic hydroxyl groups is 1. The van der Waals surface area contributed by atoms with E-state index in [4.69, 9.17) is 0 Å². The topological polar surface area (TPSA) is 90.0 Å². The lowest BCUT2D eigenvalue weighted by Gasteiger charge is -2.35. The quantitative estimate of drug-likeness (QED) is 0.788. The molecule has 0 spiro atoms. The van der Waals surface area contributed by atoms with Crippen molar-refractivity contribution < 1.29 is 23.9 Å². The molecular weight excluding hydrogens is 401 g/mol. The van der Waals surface area contributed by atoms with E-state index in [2.05, 4.69) is 5.32 Å². The molecule has 3 amide bonds. The normalized spacial score (nSPS) is 19.1. The Labute approximate surface area is 178 Å². The second-order valence-corrected chi connectivity index (χ2v) is 8.40. The number of anilines is 1. The molecule has 2 aromatic carbocycles. The van der Waals surface area contributed by atoms with Gasteiger partial charge >= 0.3 is 0 Å². The molecule has 2 heterocycles. The Morgan fingerprint density at radius 1 is 1.00 bits per heavy atom. The Hall–Kier alpha value is -3.26. The largest absolute Gasteiger partial charge is 0.380 e. The van der Waals surface area contributed by atoms with E-state index >= 15 is 0 Å². The van der Waals surface area contributed by atoms with Gasteiger partial charge < -0.3 is 20.2 Å². The number of nitrogens with one attached hydrogen (secondary N) is 1. The summed E-state index contributed by atoms with van der Waals surface area (Å²) in [6.07, 6.45) is 1.22. The van der Waals surface area contributed by atoms with Gasteiger partial charge in [-0.25, -0.2) is 4.39 Å². The van der Waals surface area contributed by atoms with E-state index in [0.29, 0.717) is 55.8 Å². The van der Waals surface area contributed by atoms with Crippen molar-refractivity contribution in [2.24, 2.45) is 0 Å². The number of carbonyl (C=O) groups is 3. The summed E-state index contributed by atoms with van der Waals surface area (Å²) in [4.78, 5) is 40.2. The maximum absolute atomic E-state index is 14.0. The fraction of sp³-hybridized carbons (Fsp3) is 0.348. The summed E-state index contributed by atoms with van der Waals surface area (Å²) >= 11 is 0. The zero-order valence-corrected chi connectivity index (χ0v) is 16.9. The number of hydrogen-bond donors (Lipinski definition) is 2. The Kier molecular flexibility index (Phi) is 4.55. The summed E-state index contributed by atoms with van der Waals surface area (Å²) in [5.74, 6) is -0.968. The number of piperazine rings is 1. The van der Waals surface area contributed by atoms with Crippen LogP contribution in [-0.2, 0) is 16.0 Å². The van der Waals surface area contributed by atoms with Crippen molar-refractivity contribution in [3.05, 3.63) is 53.3 Å². The van der Waals surface area contributed by atoms with Crippen molar-refractivity contribution >= 4 is 23.4 Å². The minimum atomic E-state index is -1.18. The van der Waals surface area contributed by atoms with Crippen LogP contribution in [0.15, 0.2) is 36.4 Å². The number of hydrogen-bond acceptors (Lipinski definition) is 4. The zero-order valence-electron chi connectivity index (χ0n) is 16.9. The minimum absolute atomic E-state index is 0.134. The maximum atomic E-state index is 14.0. The van der Waals surface area contributed by atoms with Crippen molar-refractivity contribution in [2.75, 3.05) is 31.5 Å². The van der Waals surface area contributed by atoms with E-state index in [1.807, 2.05) is 0 Å². The molecule has 0 atom stereocenters. The first-order chi connectivity index (χ1) is 14.8. The standard InChI is InChI=1S/C23H22FN3O4/c24-16-11-17(18-13-20(28)25-19(18)12-16)14-1-3-15(4-2-14)21(29)26-7-9-27(10-8-26)22(30)23(31)5-6-23/h1-4,11-12,31H,5-10,13H2,(H,25,28). The lowest BCUT2D eigenvalue weighted by molar-refractivity contribution is -0.143. The number of carbonyl (C=O) groups excluding carboxylic acids is 3. The second kappa shape index (κ2) is 7.16. The lowest BCUT2D eigenvalue weighted by atomic mass is 9.96. The predicted molar refractivity (Wildman–Crippen MR) is 111 cm³/mol. The van der Waals surface area contributed by atoms with E-state index < -0.39 is 11.4 Å². The molecule has 0 unspecified atom stereocenters. The summed E-state index contributed by atoms with van der Waals surface area (Å²) in [6, 6.07) is 9.63. The average molecular weight is 423 g/mol. The Morgan fingerprint density at radius 3 is 2.29 bits per heavy atom. The predicted octanol–water partition coefficient (Wildman–Crippen LogP) is 1.80. The molecule has 2 aliphatic heterocycles. The molecule has 0 radical (unpaired) electrons. The van der Waals surface area contributed by atoms with E-state index in [1.165, 1.54) is 12.1 Å². The van der Waals surface area contributed by atoms with Gasteiger partial charge in [0.2, 0.25) is 5.91 Å². The highest BCUT2D eigenvalue weighted by Crippen LogP contribution is 2.37. The van der Waals surface area contributed by atoms with E-state index in [1.54, 1.807) is 34.1 Å². The highest BCUT2D eigenvalue weighted by molar-refractivity contribution is 6.02. The number of amides is 3. The summed E-state index contributed by atoms with van der Waals surface area (Å²) in [5, 5.41) is 12.7. The molecule has 3 aliphatic rings. The molecule has 2 N–H and O–H groups in total. The maximum Gasteiger partial charge on any atom is 0.254 e. The molecule has 1 saturated carbocycles. The third kappa shape index (κ3) is 3.57. The van der Waals surface area contributed by atoms with Gasteiger partial charge in [0.05, 0.1) is 6.42 Å². The molecule has 31 heavy (non-hydrogen) atoms. The van der Waals surface area contributed by atoms with Crippen LogP contribution < -0.4 is 5.32 Å². The monoisotopic (exact) mass is 423 g/mol. The van der Waals surface area contributed by atoms with Crippen LogP contribution in [0.1, 0.15) is 28.8 Å². The fourth-order valence-corrected chi connectivity index (χ4v) is 4.27. The van der Waals surface area contributed by atoms with Gasteiger partial charge in [-0.2, -0.15) is 0 Å². The van der Waals surface area contributed by atoms with Crippen LogP contribution >= 0.6 is 0 Å². The van der Waals surface area contributed by atoms with Gasteiger partial charge in [-0.1, -0.05) is 12.1 Å². The average Bonchev–Trinajstić information content (AvgIpc) is 3.42. The Morgan fingerprint density at radius 2 is 1.65 bits per heavy atom. The number of fused-ring (bicyclic) bond motifs is 1. The van der Waals surface area contributed by atoms with Crippen molar-refractivity contribution in [1.29, 1.82) is 0 Å². The number of rotatable bonds is 3. The van der Waals surface area contributed by atoms with Crippen LogP contribution in [0.5, 0.6) is 0 Å². The SMILES string of the molecule is O=C1Cc2c(cc(F)cc2-c2ccc(C(=O)N3CCN(C(=O)C4(O)CC4)CC3)cc2)N1. The molecule has 8 heteroatoms. The van der Waals surface area contributed by atoms with Gasteiger partial charge in [0, 0.05) is 37.4 Å².